The van der Waals surface area contributed by atoms with Crippen LogP contribution in [0, 0.1) is 0 Å². The van der Waals surface area contributed by atoms with Crippen LogP contribution in [-0.4, -0.2) is 89.0 Å². The summed E-state index contributed by atoms with van der Waals surface area (Å²) in [5.41, 5.74) is 0. The molecule has 0 radical (unpaired) electrons. The minimum Gasteiger partial charge on any atom is -0.462 e. The van der Waals surface area contributed by atoms with Crippen molar-refractivity contribution in [3.05, 3.63) is 72.9 Å². The molecule has 0 aliphatic carbocycles. The van der Waals surface area contributed by atoms with E-state index in [1.807, 2.05) is 6.08 Å². The number of unbranched alkanes of at least 4 members (excludes halogenated alkanes) is 16. The number of hydrogen-bond acceptors (Lipinski definition) is 10. The van der Waals surface area contributed by atoms with Gasteiger partial charge in [0.2, 0.25) is 0 Å². The van der Waals surface area contributed by atoms with Crippen molar-refractivity contribution in [2.45, 2.75) is 218 Å². The number of hydrogen-bond donors (Lipinski definition) is 4. The first-order chi connectivity index (χ1) is 29.8. The van der Waals surface area contributed by atoms with Gasteiger partial charge in [-0.15, -0.1) is 0 Å². The Morgan fingerprint density at radius 3 is 1.43 bits per heavy atom. The molecule has 0 aromatic heterocycles. The minimum absolute atomic E-state index is 0.144. The highest BCUT2D eigenvalue weighted by atomic mass is 16.7. The van der Waals surface area contributed by atoms with Gasteiger partial charge in [-0.1, -0.05) is 157 Å². The van der Waals surface area contributed by atoms with Gasteiger partial charge in [0.1, 0.15) is 31.0 Å². The topological polar surface area (TPSA) is 152 Å². The third-order valence-corrected chi connectivity index (χ3v) is 10.6. The van der Waals surface area contributed by atoms with E-state index < -0.39 is 55.4 Å². The predicted octanol–water partition coefficient (Wildman–Crippen LogP) is 10.8. The quantitative estimate of drug-likeness (QED) is 0.0267. The van der Waals surface area contributed by atoms with Crippen LogP contribution in [0.5, 0.6) is 0 Å². The lowest BCUT2D eigenvalue weighted by Gasteiger charge is -2.39. The third kappa shape index (κ3) is 32.5. The summed E-state index contributed by atoms with van der Waals surface area (Å²) in [6.45, 7) is 3.32. The molecule has 6 atom stereocenters. The first-order valence-electron chi connectivity index (χ1n) is 24.0. The minimum atomic E-state index is -1.61. The fourth-order valence-electron chi connectivity index (χ4n) is 6.74. The van der Waals surface area contributed by atoms with Crippen LogP contribution in [-0.2, 0) is 28.5 Å². The Labute approximate surface area is 370 Å². The molecule has 1 aliphatic rings. The van der Waals surface area contributed by atoms with Gasteiger partial charge in [-0.3, -0.25) is 9.59 Å². The summed E-state index contributed by atoms with van der Waals surface area (Å²) in [6, 6.07) is 0. The highest BCUT2D eigenvalue weighted by molar-refractivity contribution is 5.70. The summed E-state index contributed by atoms with van der Waals surface area (Å²) >= 11 is 0. The lowest BCUT2D eigenvalue weighted by Crippen LogP contribution is -2.59. The molecule has 1 rings (SSSR count). The maximum absolute atomic E-state index is 12.8. The van der Waals surface area contributed by atoms with Crippen LogP contribution < -0.4 is 0 Å². The third-order valence-electron chi connectivity index (χ3n) is 10.6. The predicted molar refractivity (Wildman–Crippen MR) is 247 cm³/mol. The van der Waals surface area contributed by atoms with E-state index in [-0.39, 0.29) is 26.1 Å². The Hall–Kier alpha value is -2.86. The van der Waals surface area contributed by atoms with E-state index in [2.05, 4.69) is 80.7 Å². The Kier molecular flexibility index (Phi) is 37.9. The van der Waals surface area contributed by atoms with Crippen LogP contribution in [0.4, 0.5) is 0 Å². The monoisotopic (exact) mass is 859 g/mol. The Morgan fingerprint density at radius 1 is 0.508 bits per heavy atom. The fourth-order valence-corrected chi connectivity index (χ4v) is 6.74. The fraction of sp³-hybridized carbons (Fsp3) is 0.725. The number of ether oxygens (including phenoxy) is 4. The molecular weight excluding hydrogens is 773 g/mol. The molecule has 1 heterocycles. The summed E-state index contributed by atoms with van der Waals surface area (Å²) in [6.07, 6.45) is 44.9. The molecule has 10 heteroatoms. The van der Waals surface area contributed by atoms with Crippen molar-refractivity contribution < 1.29 is 49.0 Å². The Bertz CT molecular complexity index is 1220. The number of aliphatic hydroxyl groups excluding tert-OH is 4. The zero-order valence-electron chi connectivity index (χ0n) is 38.1. The van der Waals surface area contributed by atoms with Gasteiger partial charge in [-0.2, -0.15) is 0 Å². The van der Waals surface area contributed by atoms with Gasteiger partial charge < -0.3 is 39.4 Å². The molecule has 0 amide bonds. The molecule has 0 saturated carbocycles. The Morgan fingerprint density at radius 2 is 0.934 bits per heavy atom. The van der Waals surface area contributed by atoms with E-state index in [4.69, 9.17) is 18.9 Å². The van der Waals surface area contributed by atoms with Crippen molar-refractivity contribution in [1.82, 2.24) is 0 Å². The van der Waals surface area contributed by atoms with E-state index in [1.54, 1.807) is 0 Å². The summed E-state index contributed by atoms with van der Waals surface area (Å²) in [5.74, 6) is -0.914. The highest BCUT2D eigenvalue weighted by Gasteiger charge is 2.44. The van der Waals surface area contributed by atoms with Crippen molar-refractivity contribution in [2.24, 2.45) is 0 Å². The Balaban J connectivity index is 2.38. The number of carbonyl (C=O) groups excluding carboxylic acids is 2. The van der Waals surface area contributed by atoms with Crippen molar-refractivity contribution in [2.75, 3.05) is 19.8 Å². The van der Waals surface area contributed by atoms with Crippen LogP contribution in [0.3, 0.4) is 0 Å². The van der Waals surface area contributed by atoms with Crippen LogP contribution in [0.2, 0.25) is 0 Å². The van der Waals surface area contributed by atoms with Crippen molar-refractivity contribution >= 4 is 11.9 Å². The molecule has 0 spiro atoms. The molecule has 0 bridgehead atoms. The van der Waals surface area contributed by atoms with Crippen LogP contribution >= 0.6 is 0 Å². The summed E-state index contributed by atoms with van der Waals surface area (Å²) < 4.78 is 22.1. The molecule has 0 aromatic carbocycles. The van der Waals surface area contributed by atoms with Crippen LogP contribution in [0.1, 0.15) is 181 Å². The molecule has 1 fully saturated rings. The lowest BCUT2D eigenvalue weighted by molar-refractivity contribution is -0.305. The van der Waals surface area contributed by atoms with Gasteiger partial charge in [-0.05, 0) is 83.5 Å². The highest BCUT2D eigenvalue weighted by Crippen LogP contribution is 2.22. The second-order valence-corrected chi connectivity index (χ2v) is 16.2. The average Bonchev–Trinajstić information content (AvgIpc) is 3.26. The number of rotatable bonds is 39. The molecule has 350 valence electrons. The zero-order valence-corrected chi connectivity index (χ0v) is 38.1. The van der Waals surface area contributed by atoms with Gasteiger partial charge in [0, 0.05) is 12.8 Å². The molecule has 1 aliphatic heterocycles. The largest absolute Gasteiger partial charge is 0.462 e. The van der Waals surface area contributed by atoms with Gasteiger partial charge in [-0.25, -0.2) is 0 Å². The van der Waals surface area contributed by atoms with E-state index in [0.29, 0.717) is 19.3 Å². The van der Waals surface area contributed by atoms with Crippen molar-refractivity contribution in [3.8, 4) is 0 Å². The number of aliphatic hydroxyl groups is 4. The normalized spacial score (nSPS) is 20.4. The van der Waals surface area contributed by atoms with Gasteiger partial charge in [0.05, 0.1) is 13.2 Å². The van der Waals surface area contributed by atoms with Crippen LogP contribution in [0.15, 0.2) is 72.9 Å². The molecule has 0 aromatic rings. The van der Waals surface area contributed by atoms with Gasteiger partial charge in [0.25, 0.3) is 0 Å². The summed E-state index contributed by atoms with van der Waals surface area (Å²) in [7, 11) is 0. The smallest absolute Gasteiger partial charge is 0.306 e. The average molecular weight is 859 g/mol. The lowest BCUT2D eigenvalue weighted by atomic mass is 9.99. The van der Waals surface area contributed by atoms with Gasteiger partial charge >= 0.3 is 11.9 Å². The second-order valence-electron chi connectivity index (χ2n) is 16.2. The van der Waals surface area contributed by atoms with Gasteiger partial charge in [0.15, 0.2) is 12.4 Å². The maximum atomic E-state index is 12.8. The summed E-state index contributed by atoms with van der Waals surface area (Å²) in [5, 5.41) is 40.1. The maximum Gasteiger partial charge on any atom is 0.306 e. The molecule has 1 saturated heterocycles. The van der Waals surface area contributed by atoms with E-state index >= 15 is 0 Å². The van der Waals surface area contributed by atoms with E-state index in [1.165, 1.54) is 89.9 Å². The molecular formula is C51H86O10. The molecule has 2 unspecified atom stereocenters. The number of esters is 2. The first kappa shape index (κ1) is 56.2. The van der Waals surface area contributed by atoms with Crippen molar-refractivity contribution in [1.29, 1.82) is 0 Å². The van der Waals surface area contributed by atoms with Crippen molar-refractivity contribution in [3.63, 3.8) is 0 Å². The number of carbonyl (C=O) groups is 2. The zero-order chi connectivity index (χ0) is 44.4. The summed E-state index contributed by atoms with van der Waals surface area (Å²) in [4.78, 5) is 25.3. The van der Waals surface area contributed by atoms with E-state index in [9.17, 15) is 30.0 Å². The standard InChI is InChI=1S/C51H86O10/c1-3-5-7-9-11-13-15-17-19-20-21-22-23-24-26-28-30-32-34-36-38-40-47(54)60-44(43-59-51-50(57)49(56)48(55)45(41-52)61-51)42-58-46(53)39-37-35-33-31-29-27-25-18-16-14-12-10-8-6-4-2/h18-20,22-23,25-26,28-29,31-32,34,44-45,48-52,55-57H,3-17,21,24,27,30,33,35-43H2,1-2H3/b20-19+,23-22+,25-18+,28-26+,31-29+,34-32+/t44-,45-,48+,49?,50?,51-/m1/s1. The number of allylic oxidation sites excluding steroid dienone is 12. The first-order valence-corrected chi connectivity index (χ1v) is 24.0. The molecule has 10 nitrogen and oxygen atoms in total. The SMILES string of the molecule is CCCCCCCC/C=C/C/C=C/CCCCC(=O)OC[C@H](CO[C@@H]1O[C@H](CO)[C@H](O)C(O)C1O)OC(=O)CCC/C=C/C/C=C/C/C=C/C/C=C/CCCCCCCCC. The van der Waals surface area contributed by atoms with E-state index in [0.717, 1.165) is 44.9 Å². The van der Waals surface area contributed by atoms with Crippen LogP contribution in [0.25, 0.3) is 0 Å². The molecule has 61 heavy (non-hydrogen) atoms. The molecule has 4 N–H and O–H groups in total. The second kappa shape index (κ2) is 41.2.